The van der Waals surface area contributed by atoms with Gasteiger partial charge in [0, 0.05) is 24.0 Å². The summed E-state index contributed by atoms with van der Waals surface area (Å²) in [5, 5.41) is 22.2. The zero-order valence-electron chi connectivity index (χ0n) is 12.3. The Morgan fingerprint density at radius 1 is 1.40 bits per heavy atom. The van der Waals surface area contributed by atoms with Gasteiger partial charge < -0.3 is 20.3 Å². The Morgan fingerprint density at radius 3 is 2.55 bits per heavy atom. The minimum Gasteiger partial charge on any atom is -0.444 e. The first kappa shape index (κ1) is 16.4. The fourth-order valence-corrected chi connectivity index (χ4v) is 1.49. The molecule has 20 heavy (non-hydrogen) atoms. The van der Waals surface area contributed by atoms with Gasteiger partial charge in [0.05, 0.1) is 0 Å². The van der Waals surface area contributed by atoms with Crippen LogP contribution >= 0.6 is 0 Å². The molecule has 1 amide bonds. The van der Waals surface area contributed by atoms with E-state index in [0.29, 0.717) is 5.56 Å². The second kappa shape index (κ2) is 6.67. The monoisotopic (exact) mass is 282 g/mol. The molecule has 6 nitrogen and oxygen atoms in total. The molecule has 1 aromatic heterocycles. The Hall–Kier alpha value is -1.66. The number of aromatic nitrogens is 1. The Kier molecular flexibility index (Phi) is 5.47. The van der Waals surface area contributed by atoms with Crippen LogP contribution in [0.5, 0.6) is 0 Å². The summed E-state index contributed by atoms with van der Waals surface area (Å²) in [5.41, 5.74) is 0.713. The van der Waals surface area contributed by atoms with Crippen molar-refractivity contribution >= 4 is 6.09 Å². The Morgan fingerprint density at radius 2 is 2.05 bits per heavy atom. The maximum absolute atomic E-state index is 11.4. The van der Waals surface area contributed by atoms with E-state index in [1.807, 2.05) is 6.92 Å². The zero-order valence-corrected chi connectivity index (χ0v) is 12.3. The second-order valence-corrected chi connectivity index (χ2v) is 5.63. The largest absolute Gasteiger partial charge is 0.444 e. The van der Waals surface area contributed by atoms with Crippen molar-refractivity contribution in [1.29, 1.82) is 0 Å². The van der Waals surface area contributed by atoms with Crippen molar-refractivity contribution in [3.05, 3.63) is 29.6 Å². The summed E-state index contributed by atoms with van der Waals surface area (Å²) in [5.74, 6) is 0. The van der Waals surface area contributed by atoms with Gasteiger partial charge in [-0.1, -0.05) is 6.07 Å². The molecule has 1 rings (SSSR count). The number of aliphatic hydroxyl groups excluding tert-OH is 2. The predicted octanol–water partition coefficient (Wildman–Crippen LogP) is 1.31. The lowest BCUT2D eigenvalue weighted by molar-refractivity contribution is 0.0128. The highest BCUT2D eigenvalue weighted by Crippen LogP contribution is 2.16. The van der Waals surface area contributed by atoms with E-state index in [1.54, 1.807) is 32.9 Å². The van der Waals surface area contributed by atoms with Crippen LogP contribution in [0.4, 0.5) is 4.79 Å². The first-order valence-electron chi connectivity index (χ1n) is 6.44. The number of pyridine rings is 1. The van der Waals surface area contributed by atoms with Crippen LogP contribution in [0.2, 0.25) is 0 Å². The van der Waals surface area contributed by atoms with Crippen LogP contribution in [0.3, 0.4) is 0 Å². The van der Waals surface area contributed by atoms with Gasteiger partial charge in [-0.3, -0.25) is 4.98 Å². The molecule has 0 radical (unpaired) electrons. The van der Waals surface area contributed by atoms with Crippen molar-refractivity contribution in [3.63, 3.8) is 0 Å². The van der Waals surface area contributed by atoms with Crippen molar-refractivity contribution in [2.24, 2.45) is 0 Å². The maximum Gasteiger partial charge on any atom is 0.407 e. The van der Waals surface area contributed by atoms with Crippen molar-refractivity contribution in [2.75, 3.05) is 6.54 Å². The number of aliphatic hydroxyl groups is 2. The van der Waals surface area contributed by atoms with E-state index < -0.39 is 23.9 Å². The van der Waals surface area contributed by atoms with Gasteiger partial charge in [0.25, 0.3) is 0 Å². The molecular weight excluding hydrogens is 260 g/mol. The molecule has 0 saturated heterocycles. The van der Waals surface area contributed by atoms with Crippen LogP contribution in [0.1, 0.15) is 38.1 Å². The van der Waals surface area contributed by atoms with E-state index in [2.05, 4.69) is 10.3 Å². The summed E-state index contributed by atoms with van der Waals surface area (Å²) in [4.78, 5) is 15.5. The van der Waals surface area contributed by atoms with Crippen molar-refractivity contribution in [3.8, 4) is 0 Å². The summed E-state index contributed by atoms with van der Waals surface area (Å²) >= 11 is 0. The molecule has 2 unspecified atom stereocenters. The van der Waals surface area contributed by atoms with Gasteiger partial charge in [-0.2, -0.15) is 0 Å². The van der Waals surface area contributed by atoms with E-state index in [0.717, 1.165) is 5.69 Å². The lowest BCUT2D eigenvalue weighted by Gasteiger charge is -2.22. The first-order chi connectivity index (χ1) is 9.19. The highest BCUT2D eigenvalue weighted by Gasteiger charge is 2.21. The van der Waals surface area contributed by atoms with Crippen LogP contribution in [0, 0.1) is 6.92 Å². The molecule has 0 spiro atoms. The summed E-state index contributed by atoms with van der Waals surface area (Å²) in [6.07, 6.45) is -1.38. The summed E-state index contributed by atoms with van der Waals surface area (Å²) in [7, 11) is 0. The van der Waals surface area contributed by atoms with Gasteiger partial charge in [-0.05, 0) is 33.8 Å². The third-order valence-electron chi connectivity index (χ3n) is 2.49. The standard InChI is InChI=1S/C14H22N2O4/c1-9-5-6-10(7-15-9)12(18)11(17)8-16-13(19)20-14(2,3)4/h5-7,11-12,17-18H,8H2,1-4H3,(H,16,19). The highest BCUT2D eigenvalue weighted by atomic mass is 16.6. The number of carbonyl (C=O) groups excluding carboxylic acids is 1. The first-order valence-corrected chi connectivity index (χ1v) is 6.44. The minimum atomic E-state index is -1.13. The predicted molar refractivity (Wildman–Crippen MR) is 74.2 cm³/mol. The lowest BCUT2D eigenvalue weighted by Crippen LogP contribution is -2.38. The van der Waals surface area contributed by atoms with Gasteiger partial charge in [0.15, 0.2) is 0 Å². The molecule has 0 aromatic carbocycles. The molecule has 0 fully saturated rings. The number of nitrogens with zero attached hydrogens (tertiary/aromatic N) is 1. The maximum atomic E-state index is 11.4. The molecule has 0 aliphatic carbocycles. The van der Waals surface area contributed by atoms with Crippen molar-refractivity contribution in [1.82, 2.24) is 10.3 Å². The van der Waals surface area contributed by atoms with Crippen molar-refractivity contribution in [2.45, 2.75) is 45.5 Å². The zero-order chi connectivity index (χ0) is 15.3. The Labute approximate surface area is 118 Å². The van der Waals surface area contributed by atoms with E-state index in [4.69, 9.17) is 4.74 Å². The number of amides is 1. The molecule has 0 aliphatic rings. The number of nitrogens with one attached hydrogen (secondary N) is 1. The normalized spacial score (nSPS) is 14.5. The van der Waals surface area contributed by atoms with Crippen LogP contribution < -0.4 is 5.32 Å². The number of hydrogen-bond acceptors (Lipinski definition) is 5. The van der Waals surface area contributed by atoms with Gasteiger partial charge in [-0.15, -0.1) is 0 Å². The SMILES string of the molecule is Cc1ccc(C(O)C(O)CNC(=O)OC(C)(C)C)cn1. The van der Waals surface area contributed by atoms with Crippen LogP contribution in [0.15, 0.2) is 18.3 Å². The Bertz CT molecular complexity index is 439. The van der Waals surface area contributed by atoms with E-state index >= 15 is 0 Å². The molecular formula is C14H22N2O4. The Balaban J connectivity index is 2.48. The third kappa shape index (κ3) is 5.54. The smallest absolute Gasteiger partial charge is 0.407 e. The van der Waals surface area contributed by atoms with Gasteiger partial charge >= 0.3 is 6.09 Å². The molecule has 112 valence electrons. The molecule has 3 N–H and O–H groups in total. The molecule has 1 aromatic rings. The second-order valence-electron chi connectivity index (χ2n) is 5.63. The molecule has 0 saturated carbocycles. The number of alkyl carbamates (subject to hydrolysis) is 1. The van der Waals surface area contributed by atoms with E-state index in [1.165, 1.54) is 6.20 Å². The molecule has 1 heterocycles. The van der Waals surface area contributed by atoms with Crippen LogP contribution in [-0.2, 0) is 4.74 Å². The third-order valence-corrected chi connectivity index (χ3v) is 2.49. The van der Waals surface area contributed by atoms with E-state index in [-0.39, 0.29) is 6.54 Å². The fraction of sp³-hybridized carbons (Fsp3) is 0.571. The molecule has 2 atom stereocenters. The average molecular weight is 282 g/mol. The highest BCUT2D eigenvalue weighted by molar-refractivity contribution is 5.67. The molecule has 0 aliphatic heterocycles. The average Bonchev–Trinajstić information content (AvgIpc) is 2.34. The topological polar surface area (TPSA) is 91.7 Å². The van der Waals surface area contributed by atoms with Crippen LogP contribution in [-0.4, -0.2) is 39.5 Å². The summed E-state index contributed by atoms with van der Waals surface area (Å²) in [6.45, 7) is 6.96. The number of carbonyl (C=O) groups is 1. The number of ether oxygens (including phenoxy) is 1. The van der Waals surface area contributed by atoms with Gasteiger partial charge in [-0.25, -0.2) is 4.79 Å². The van der Waals surface area contributed by atoms with Crippen molar-refractivity contribution < 1.29 is 19.7 Å². The fourth-order valence-electron chi connectivity index (χ4n) is 1.49. The lowest BCUT2D eigenvalue weighted by atomic mass is 10.1. The quantitative estimate of drug-likeness (QED) is 0.774. The van der Waals surface area contributed by atoms with E-state index in [9.17, 15) is 15.0 Å². The van der Waals surface area contributed by atoms with Crippen LogP contribution in [0.25, 0.3) is 0 Å². The number of hydrogen-bond donors (Lipinski definition) is 3. The number of aryl methyl sites for hydroxylation is 1. The molecule has 0 bridgehead atoms. The minimum absolute atomic E-state index is 0.107. The van der Waals surface area contributed by atoms with Gasteiger partial charge in [0.2, 0.25) is 0 Å². The van der Waals surface area contributed by atoms with Gasteiger partial charge in [0.1, 0.15) is 17.8 Å². The molecule has 6 heteroatoms. The summed E-state index contributed by atoms with van der Waals surface area (Å²) in [6, 6.07) is 3.43. The number of rotatable bonds is 4. The summed E-state index contributed by atoms with van der Waals surface area (Å²) < 4.78 is 5.03.